The Morgan fingerprint density at radius 3 is 2.48 bits per heavy atom. The van der Waals surface area contributed by atoms with Crippen molar-refractivity contribution in [2.45, 2.75) is 6.92 Å². The zero-order valence-corrected chi connectivity index (χ0v) is 18.3. The summed E-state index contributed by atoms with van der Waals surface area (Å²) in [7, 11) is 3.19. The Labute approximate surface area is 186 Å². The summed E-state index contributed by atoms with van der Waals surface area (Å²) in [5, 5.41) is 4.75. The van der Waals surface area contributed by atoms with E-state index in [9.17, 15) is 0 Å². The number of hydrazone groups is 1. The molecule has 0 radical (unpaired) electrons. The molecule has 160 valence electrons. The van der Waals surface area contributed by atoms with Crippen LogP contribution in [-0.2, 0) is 0 Å². The number of halogens is 1. The molecule has 2 aromatic carbocycles. The van der Waals surface area contributed by atoms with Gasteiger partial charge in [0.25, 0.3) is 0 Å². The van der Waals surface area contributed by atoms with Crippen molar-refractivity contribution in [1.82, 2.24) is 15.4 Å². The molecule has 0 spiro atoms. The molecule has 8 heteroatoms. The van der Waals surface area contributed by atoms with E-state index >= 15 is 0 Å². The van der Waals surface area contributed by atoms with Gasteiger partial charge in [-0.2, -0.15) is 5.10 Å². The lowest BCUT2D eigenvalue weighted by atomic mass is 10.1. The highest BCUT2D eigenvalue weighted by atomic mass is 35.5. The van der Waals surface area contributed by atoms with Crippen LogP contribution in [-0.4, -0.2) is 37.0 Å². The third kappa shape index (κ3) is 5.73. The number of nitrogens with one attached hydrogen (secondary N) is 1. The van der Waals surface area contributed by atoms with Gasteiger partial charge in [-0.3, -0.25) is 10.4 Å². The van der Waals surface area contributed by atoms with E-state index in [1.807, 2.05) is 31.2 Å². The maximum atomic E-state index is 6.40. The Morgan fingerprint density at radius 2 is 1.84 bits per heavy atom. The molecular weight excluding hydrogens is 416 g/mol. The average Bonchev–Trinajstić information content (AvgIpc) is 2.79. The second-order valence-electron chi connectivity index (χ2n) is 6.36. The molecule has 0 aliphatic carbocycles. The number of benzene rings is 2. The number of methoxy groups -OCH3 is 2. The molecule has 3 aromatic rings. The van der Waals surface area contributed by atoms with Crippen LogP contribution in [0.25, 0.3) is 17.0 Å². The standard InChI is InChI=1S/C23H23ClN4O3/c1-5-31-17-6-7-20(21(24)11-17)23-14-25-13-22(27-23)15(2)28-26-12-16-8-18(29-3)10-19(9-16)30-4/h6-14,28H,2,5H2,1,3-4H3/b26-12+. The normalized spacial score (nSPS) is 10.7. The molecule has 0 aliphatic heterocycles. The van der Waals surface area contributed by atoms with Gasteiger partial charge in [-0.15, -0.1) is 0 Å². The van der Waals surface area contributed by atoms with E-state index in [0.717, 1.165) is 11.1 Å². The number of hydrogen-bond acceptors (Lipinski definition) is 7. The van der Waals surface area contributed by atoms with Crippen molar-refractivity contribution in [2.24, 2.45) is 5.10 Å². The lowest BCUT2D eigenvalue weighted by Gasteiger charge is -2.09. The Hall–Kier alpha value is -3.58. The van der Waals surface area contributed by atoms with Crippen LogP contribution in [0.2, 0.25) is 5.02 Å². The molecule has 1 aromatic heterocycles. The van der Waals surface area contributed by atoms with E-state index in [-0.39, 0.29) is 0 Å². The van der Waals surface area contributed by atoms with Gasteiger partial charge in [0.05, 0.1) is 55.8 Å². The Morgan fingerprint density at radius 1 is 1.10 bits per heavy atom. The summed E-state index contributed by atoms with van der Waals surface area (Å²) in [5.74, 6) is 2.05. The second kappa shape index (κ2) is 10.4. The van der Waals surface area contributed by atoms with Gasteiger partial charge in [-0.25, -0.2) is 4.98 Å². The van der Waals surface area contributed by atoms with Crippen molar-refractivity contribution in [3.63, 3.8) is 0 Å². The van der Waals surface area contributed by atoms with Crippen LogP contribution in [0.1, 0.15) is 18.2 Å². The van der Waals surface area contributed by atoms with Gasteiger partial charge >= 0.3 is 0 Å². The summed E-state index contributed by atoms with van der Waals surface area (Å²) in [6.07, 6.45) is 4.88. The van der Waals surface area contributed by atoms with Crippen molar-refractivity contribution in [2.75, 3.05) is 20.8 Å². The first kappa shape index (κ1) is 22.1. The summed E-state index contributed by atoms with van der Waals surface area (Å²) in [4.78, 5) is 8.85. The molecular formula is C23H23ClN4O3. The molecule has 0 fully saturated rings. The molecule has 0 saturated heterocycles. The van der Waals surface area contributed by atoms with Crippen LogP contribution in [0.3, 0.4) is 0 Å². The summed E-state index contributed by atoms with van der Waals surface area (Å²) in [6.45, 7) is 6.48. The quantitative estimate of drug-likeness (QED) is 0.381. The SMILES string of the molecule is C=C(N/N=C/c1cc(OC)cc(OC)c1)c1cncc(-c2ccc(OCC)cc2Cl)n1. The van der Waals surface area contributed by atoms with Crippen LogP contribution in [0.15, 0.2) is 60.5 Å². The monoisotopic (exact) mass is 438 g/mol. The van der Waals surface area contributed by atoms with Crippen LogP contribution in [0.5, 0.6) is 17.2 Å². The maximum absolute atomic E-state index is 6.40. The van der Waals surface area contributed by atoms with Crippen molar-refractivity contribution >= 4 is 23.5 Å². The first-order valence-electron chi connectivity index (χ1n) is 9.50. The largest absolute Gasteiger partial charge is 0.497 e. The highest BCUT2D eigenvalue weighted by Crippen LogP contribution is 2.30. The number of nitrogens with zero attached hydrogens (tertiary/aromatic N) is 3. The van der Waals surface area contributed by atoms with E-state index in [2.05, 4.69) is 27.1 Å². The van der Waals surface area contributed by atoms with Gasteiger partial charge < -0.3 is 14.2 Å². The van der Waals surface area contributed by atoms with Gasteiger partial charge in [0.1, 0.15) is 22.9 Å². The minimum atomic E-state index is 0.488. The van der Waals surface area contributed by atoms with Crippen LogP contribution in [0.4, 0.5) is 0 Å². The summed E-state index contributed by atoms with van der Waals surface area (Å²) in [5.41, 5.74) is 6.09. The summed E-state index contributed by atoms with van der Waals surface area (Å²) in [6, 6.07) is 10.9. The molecule has 0 unspecified atom stereocenters. The molecule has 1 heterocycles. The Bertz CT molecular complexity index is 1080. The van der Waals surface area contributed by atoms with E-state index in [0.29, 0.717) is 46.0 Å². The smallest absolute Gasteiger partial charge is 0.123 e. The predicted octanol–water partition coefficient (Wildman–Crippen LogP) is 4.81. The van der Waals surface area contributed by atoms with Gasteiger partial charge in [0, 0.05) is 17.2 Å². The molecule has 31 heavy (non-hydrogen) atoms. The Kier molecular flexibility index (Phi) is 7.45. The molecule has 0 atom stereocenters. The average molecular weight is 439 g/mol. The highest BCUT2D eigenvalue weighted by molar-refractivity contribution is 6.33. The number of rotatable bonds is 9. The van der Waals surface area contributed by atoms with Crippen molar-refractivity contribution in [1.29, 1.82) is 0 Å². The first-order chi connectivity index (χ1) is 15.0. The molecule has 7 nitrogen and oxygen atoms in total. The van der Waals surface area contributed by atoms with Crippen molar-refractivity contribution in [3.05, 3.63) is 71.7 Å². The fourth-order valence-corrected chi connectivity index (χ4v) is 3.01. The van der Waals surface area contributed by atoms with Crippen molar-refractivity contribution in [3.8, 4) is 28.5 Å². The first-order valence-corrected chi connectivity index (χ1v) is 9.88. The molecule has 0 saturated carbocycles. The van der Waals surface area contributed by atoms with Crippen LogP contribution in [0, 0.1) is 0 Å². The number of ether oxygens (including phenoxy) is 3. The van der Waals surface area contributed by atoms with E-state index in [1.165, 1.54) is 0 Å². The van der Waals surface area contributed by atoms with E-state index in [1.54, 1.807) is 45.0 Å². The molecule has 0 aliphatic rings. The Balaban J connectivity index is 1.74. The van der Waals surface area contributed by atoms with Gasteiger partial charge in [-0.05, 0) is 37.3 Å². The van der Waals surface area contributed by atoms with Crippen LogP contribution >= 0.6 is 11.6 Å². The predicted molar refractivity (Wildman–Crippen MR) is 123 cm³/mol. The minimum Gasteiger partial charge on any atom is -0.497 e. The highest BCUT2D eigenvalue weighted by Gasteiger charge is 2.09. The zero-order valence-electron chi connectivity index (χ0n) is 17.6. The molecule has 1 N–H and O–H groups in total. The zero-order chi connectivity index (χ0) is 22.2. The third-order valence-electron chi connectivity index (χ3n) is 4.26. The fourth-order valence-electron chi connectivity index (χ4n) is 2.75. The molecule has 0 bridgehead atoms. The lowest BCUT2D eigenvalue weighted by Crippen LogP contribution is -2.06. The second-order valence-corrected chi connectivity index (χ2v) is 6.77. The minimum absolute atomic E-state index is 0.488. The summed E-state index contributed by atoms with van der Waals surface area (Å²) < 4.78 is 16.0. The molecule has 3 rings (SSSR count). The topological polar surface area (TPSA) is 77.9 Å². The van der Waals surface area contributed by atoms with Gasteiger partial charge in [-0.1, -0.05) is 18.2 Å². The van der Waals surface area contributed by atoms with Crippen LogP contribution < -0.4 is 19.6 Å². The number of aromatic nitrogens is 2. The van der Waals surface area contributed by atoms with Gasteiger partial charge in [0.15, 0.2) is 0 Å². The van der Waals surface area contributed by atoms with Gasteiger partial charge in [0.2, 0.25) is 0 Å². The number of hydrogen-bond donors (Lipinski definition) is 1. The fraction of sp³-hybridized carbons (Fsp3) is 0.174. The molecule has 0 amide bonds. The maximum Gasteiger partial charge on any atom is 0.123 e. The lowest BCUT2D eigenvalue weighted by molar-refractivity contribution is 0.340. The third-order valence-corrected chi connectivity index (χ3v) is 4.57. The van der Waals surface area contributed by atoms with Crippen molar-refractivity contribution < 1.29 is 14.2 Å². The summed E-state index contributed by atoms with van der Waals surface area (Å²) >= 11 is 6.40. The van der Waals surface area contributed by atoms with E-state index < -0.39 is 0 Å². The van der Waals surface area contributed by atoms with E-state index in [4.69, 9.17) is 25.8 Å².